The van der Waals surface area contributed by atoms with Gasteiger partial charge in [0.1, 0.15) is 0 Å². The summed E-state index contributed by atoms with van der Waals surface area (Å²) in [5, 5.41) is 6.46. The molecule has 12 nitrogen and oxygen atoms in total. The number of rotatable bonds is 8. The van der Waals surface area contributed by atoms with Crippen molar-refractivity contribution in [3.05, 3.63) is 76.5 Å². The second kappa shape index (κ2) is 16.6. The van der Waals surface area contributed by atoms with Crippen LogP contribution in [0.25, 0.3) is 20.9 Å². The number of hydrogen-bond acceptors (Lipinski definition) is 7. The monoisotopic (exact) mass is 628 g/mol. The minimum absolute atomic E-state index is 0.0945. The Morgan fingerprint density at radius 2 is 0.951 bits per heavy atom. The van der Waals surface area contributed by atoms with Gasteiger partial charge in [0, 0.05) is 40.1 Å². The smallest absolute Gasteiger partial charge is 0.261 e. The molecule has 0 bridgehead atoms. The van der Waals surface area contributed by atoms with E-state index in [1.165, 1.54) is 0 Å². The highest BCUT2D eigenvalue weighted by Gasteiger charge is 2.23. The molecule has 0 aliphatic carbocycles. The summed E-state index contributed by atoms with van der Waals surface area (Å²) in [6.45, 7) is 19.9. The van der Waals surface area contributed by atoms with Crippen molar-refractivity contribution in [2.75, 3.05) is 26.2 Å². The Labute approximate surface area is 248 Å². The molecule has 0 aliphatic rings. The van der Waals surface area contributed by atoms with Crippen LogP contribution in [0.2, 0.25) is 0 Å². The lowest BCUT2D eigenvalue weighted by molar-refractivity contribution is 0.580. The summed E-state index contributed by atoms with van der Waals surface area (Å²) in [7, 11) is -1.81. The van der Waals surface area contributed by atoms with Crippen LogP contribution in [0.5, 0.6) is 0 Å². The fourth-order valence-corrected chi connectivity index (χ4v) is 7.50. The molecule has 0 atom stereocenters. The molecule has 0 saturated carbocycles. The Morgan fingerprint density at radius 1 is 0.634 bits per heavy atom. The van der Waals surface area contributed by atoms with Crippen molar-refractivity contribution in [2.24, 2.45) is 16.0 Å². The number of azide groups is 2. The van der Waals surface area contributed by atoms with E-state index in [0.717, 1.165) is 55.6 Å². The predicted molar refractivity (Wildman–Crippen MR) is 166 cm³/mol. The molecule has 41 heavy (non-hydrogen) atoms. The predicted octanol–water partition coefficient (Wildman–Crippen LogP) is 6.23. The van der Waals surface area contributed by atoms with Gasteiger partial charge in [0.05, 0.1) is 9.79 Å². The first-order valence-electron chi connectivity index (χ1n) is 12.6. The summed E-state index contributed by atoms with van der Waals surface area (Å²) in [4.78, 5) is 5.66. The molecule has 0 fully saturated rings. The number of nitrogens with one attached hydrogen (secondary N) is 1. The fourth-order valence-electron chi connectivity index (χ4n) is 4.15. The van der Waals surface area contributed by atoms with Crippen molar-refractivity contribution in [3.63, 3.8) is 0 Å². The zero-order chi connectivity index (χ0) is 32.3. The topological polar surface area (TPSA) is 204 Å². The standard InChI is InChI=1S/C13H20N4O2S.C11H15ClO2S.C2H6N4/c1-8-9(2)11(4)13(12(5)10(8)3)20(18,19)16-7-6-15-17-14;1-6-7(2)9(4)11(15(12,13)14)10(5)8(6)3;3-1-2-5-6-4/h16H,6-7H2,1-5H3;1-5H3;1-3H2. The summed E-state index contributed by atoms with van der Waals surface area (Å²) in [6, 6.07) is 0. The first-order chi connectivity index (χ1) is 18.8. The third-order valence-electron chi connectivity index (χ3n) is 7.23. The molecule has 0 unspecified atom stereocenters. The van der Waals surface area contributed by atoms with Crippen molar-refractivity contribution < 1.29 is 16.8 Å². The average Bonchev–Trinajstić information content (AvgIpc) is 2.89. The van der Waals surface area contributed by atoms with Gasteiger partial charge in [-0.05, 0) is 142 Å². The quantitative estimate of drug-likeness (QED) is 0.114. The highest BCUT2D eigenvalue weighted by atomic mass is 35.7. The summed E-state index contributed by atoms with van der Waals surface area (Å²) in [5.74, 6) is 0. The first kappa shape index (κ1) is 38.2. The molecule has 0 aromatic heterocycles. The summed E-state index contributed by atoms with van der Waals surface area (Å²) in [5.41, 5.74) is 30.0. The van der Waals surface area contributed by atoms with Crippen molar-refractivity contribution in [3.8, 4) is 0 Å². The average molecular weight is 629 g/mol. The van der Waals surface area contributed by atoms with Crippen LogP contribution in [0.15, 0.2) is 20.0 Å². The number of halogens is 1. The zero-order valence-corrected chi connectivity index (χ0v) is 27.8. The number of hydrogen-bond donors (Lipinski definition) is 2. The van der Waals surface area contributed by atoms with Gasteiger partial charge in [-0.15, -0.1) is 0 Å². The minimum atomic E-state index is -3.65. The molecule has 2 aromatic carbocycles. The van der Waals surface area contributed by atoms with E-state index in [9.17, 15) is 16.8 Å². The lowest BCUT2D eigenvalue weighted by atomic mass is 9.95. The van der Waals surface area contributed by atoms with E-state index >= 15 is 0 Å². The molecule has 0 radical (unpaired) electrons. The van der Waals surface area contributed by atoms with Crippen LogP contribution in [0.3, 0.4) is 0 Å². The fraction of sp³-hybridized carbons (Fsp3) is 0.538. The molecule has 228 valence electrons. The van der Waals surface area contributed by atoms with E-state index in [4.69, 9.17) is 27.5 Å². The molecule has 0 amide bonds. The number of sulfonamides is 1. The third kappa shape index (κ3) is 10.2. The van der Waals surface area contributed by atoms with Crippen molar-refractivity contribution in [1.29, 1.82) is 0 Å². The molecule has 2 aromatic rings. The van der Waals surface area contributed by atoms with Gasteiger partial charge in [0.2, 0.25) is 10.0 Å². The zero-order valence-electron chi connectivity index (χ0n) is 25.4. The molecule has 0 saturated heterocycles. The maximum Gasteiger partial charge on any atom is 0.261 e. The summed E-state index contributed by atoms with van der Waals surface area (Å²) in [6.07, 6.45) is 0. The lowest BCUT2D eigenvalue weighted by Crippen LogP contribution is -2.28. The largest absolute Gasteiger partial charge is 0.330 e. The van der Waals surface area contributed by atoms with Crippen LogP contribution in [0, 0.1) is 69.2 Å². The van der Waals surface area contributed by atoms with Crippen LogP contribution in [0.1, 0.15) is 55.6 Å². The molecule has 3 N–H and O–H groups in total. The van der Waals surface area contributed by atoms with Gasteiger partial charge in [-0.2, -0.15) is 0 Å². The van der Waals surface area contributed by atoms with Gasteiger partial charge in [0.15, 0.2) is 0 Å². The van der Waals surface area contributed by atoms with E-state index in [2.05, 4.69) is 24.8 Å². The number of benzene rings is 2. The minimum Gasteiger partial charge on any atom is -0.330 e. The Hall–Kier alpha value is -2.83. The van der Waals surface area contributed by atoms with Gasteiger partial charge in [-0.1, -0.05) is 10.2 Å². The van der Waals surface area contributed by atoms with Gasteiger partial charge in [0.25, 0.3) is 9.05 Å². The molecule has 0 aliphatic heterocycles. The molecular formula is C26H41ClN8O4S2. The lowest BCUT2D eigenvalue weighted by Gasteiger charge is -2.18. The second-order valence-electron chi connectivity index (χ2n) is 9.44. The van der Waals surface area contributed by atoms with Gasteiger partial charge in [-0.25, -0.2) is 21.6 Å². The Bertz CT molecular complexity index is 1520. The second-order valence-corrected chi connectivity index (χ2v) is 13.6. The summed E-state index contributed by atoms with van der Waals surface area (Å²) < 4.78 is 50.2. The van der Waals surface area contributed by atoms with E-state index in [-0.39, 0.29) is 18.0 Å². The highest BCUT2D eigenvalue weighted by molar-refractivity contribution is 8.13. The van der Waals surface area contributed by atoms with E-state index in [1.54, 1.807) is 13.8 Å². The van der Waals surface area contributed by atoms with Crippen LogP contribution in [-0.2, 0) is 19.1 Å². The van der Waals surface area contributed by atoms with Crippen molar-refractivity contribution >= 4 is 29.8 Å². The normalized spacial score (nSPS) is 10.8. The van der Waals surface area contributed by atoms with Crippen LogP contribution in [0.4, 0.5) is 0 Å². The Morgan fingerprint density at radius 3 is 1.24 bits per heavy atom. The van der Waals surface area contributed by atoms with E-state index in [1.807, 2.05) is 55.4 Å². The van der Waals surface area contributed by atoms with Crippen LogP contribution >= 0.6 is 10.7 Å². The molecule has 15 heteroatoms. The molecular weight excluding hydrogens is 588 g/mol. The van der Waals surface area contributed by atoms with Gasteiger partial charge in [-0.3, -0.25) is 0 Å². The van der Waals surface area contributed by atoms with Crippen molar-refractivity contribution in [1.82, 2.24) is 4.72 Å². The first-order valence-corrected chi connectivity index (χ1v) is 16.4. The van der Waals surface area contributed by atoms with E-state index in [0.29, 0.717) is 18.0 Å². The van der Waals surface area contributed by atoms with Gasteiger partial charge < -0.3 is 5.73 Å². The maximum atomic E-state index is 12.4. The number of nitrogens with two attached hydrogens (primary N) is 1. The van der Waals surface area contributed by atoms with Crippen LogP contribution < -0.4 is 10.5 Å². The highest BCUT2D eigenvalue weighted by Crippen LogP contribution is 2.31. The SMILES string of the molecule is Cc1c(C)c(C)c(S(=O)(=O)Cl)c(C)c1C.Cc1c(C)c(C)c(S(=O)(=O)NCCN=[N+]=[N-])c(C)c1C.[N-]=[N+]=NCCN. The Balaban J connectivity index is 0.000000669. The third-order valence-corrected chi connectivity index (χ3v) is 10.5. The molecule has 0 spiro atoms. The van der Waals surface area contributed by atoms with E-state index < -0.39 is 19.1 Å². The summed E-state index contributed by atoms with van der Waals surface area (Å²) >= 11 is 0. The maximum absolute atomic E-state index is 12.4. The molecule has 2 rings (SSSR count). The molecule has 0 heterocycles. The van der Waals surface area contributed by atoms with Crippen molar-refractivity contribution in [2.45, 2.75) is 79.0 Å². The number of nitrogens with zero attached hydrogens (tertiary/aromatic N) is 6. The Kier molecular flexibility index (Phi) is 15.4. The van der Waals surface area contributed by atoms with Gasteiger partial charge >= 0.3 is 0 Å². The van der Waals surface area contributed by atoms with Crippen LogP contribution in [-0.4, -0.2) is 43.0 Å².